The number of carbonyl (C=O) groups is 2. The van der Waals surface area contributed by atoms with Crippen molar-refractivity contribution < 1.29 is 9.59 Å². The van der Waals surface area contributed by atoms with Gasteiger partial charge in [-0.25, -0.2) is 15.0 Å². The van der Waals surface area contributed by atoms with E-state index in [0.29, 0.717) is 45.2 Å². The first kappa shape index (κ1) is 29.5. The van der Waals surface area contributed by atoms with Crippen LogP contribution in [0.1, 0.15) is 20.7 Å². The lowest BCUT2D eigenvalue weighted by molar-refractivity contribution is 0.102. The van der Waals surface area contributed by atoms with E-state index in [1.54, 1.807) is 30.3 Å². The van der Waals surface area contributed by atoms with Crippen molar-refractivity contribution in [2.24, 2.45) is 0 Å². The molecule has 0 unspecified atom stereocenters. The molecule has 9 heteroatoms. The molecule has 3 heterocycles. The molecule has 0 radical (unpaired) electrons. The fourth-order valence-corrected chi connectivity index (χ4v) is 5.73. The molecule has 0 aliphatic rings. The topological polar surface area (TPSA) is 96.9 Å². The number of fused-ring (bicyclic) bond motifs is 2. The van der Waals surface area contributed by atoms with Crippen LogP contribution < -0.4 is 10.6 Å². The van der Waals surface area contributed by atoms with Gasteiger partial charge in [-0.2, -0.15) is 0 Å². The van der Waals surface area contributed by atoms with Gasteiger partial charge in [0, 0.05) is 30.8 Å². The molecule has 7 rings (SSSR count). The Hall–Kier alpha value is -5.25. The van der Waals surface area contributed by atoms with E-state index in [1.165, 1.54) is 0 Å². The van der Waals surface area contributed by atoms with Gasteiger partial charge in [-0.05, 0) is 60.7 Å². The molecular weight excluding hydrogens is 706 g/mol. The second-order valence-corrected chi connectivity index (χ2v) is 12.3. The number of benzene rings is 4. The summed E-state index contributed by atoms with van der Waals surface area (Å²) in [5.74, 6) is -0.0903. The molecule has 3 aromatic heterocycles. The Kier molecular flexibility index (Phi) is 8.09. The highest BCUT2D eigenvalue weighted by Gasteiger charge is 2.17. The number of rotatable bonds is 6. The first-order valence-corrected chi connectivity index (χ1v) is 15.9. The maximum absolute atomic E-state index is 13.7. The summed E-state index contributed by atoms with van der Waals surface area (Å²) < 4.78 is 1.91. The molecule has 4 aromatic carbocycles. The lowest BCUT2D eigenvalue weighted by Gasteiger charge is -2.12. The molecule has 46 heavy (non-hydrogen) atoms. The number of nitrogens with one attached hydrogen (secondary N) is 2. The van der Waals surface area contributed by atoms with Gasteiger partial charge in [0.05, 0.1) is 33.5 Å². The Morgan fingerprint density at radius 1 is 0.478 bits per heavy atom. The SMILES string of the molecule is O=C(Nc1cccc(NC(=O)c2cc(-c3ccc(Br)cc3)nc3ccccc23)n1)c1cc(-c2ccc(Br)cc2)nc2ccccc12. The van der Waals surface area contributed by atoms with Gasteiger partial charge >= 0.3 is 0 Å². The Balaban J connectivity index is 1.17. The van der Waals surface area contributed by atoms with E-state index in [1.807, 2.05) is 97.1 Å². The number of pyridine rings is 3. The molecule has 0 saturated carbocycles. The Labute approximate surface area is 281 Å². The summed E-state index contributed by atoms with van der Waals surface area (Å²) in [5.41, 5.74) is 5.46. The van der Waals surface area contributed by atoms with Crippen molar-refractivity contribution in [3.05, 3.63) is 147 Å². The molecule has 2 N–H and O–H groups in total. The summed E-state index contributed by atoms with van der Waals surface area (Å²) in [6.45, 7) is 0. The van der Waals surface area contributed by atoms with Crippen LogP contribution in [0.5, 0.6) is 0 Å². The van der Waals surface area contributed by atoms with Crippen molar-refractivity contribution >= 4 is 77.1 Å². The summed E-state index contributed by atoms with van der Waals surface area (Å²) in [5, 5.41) is 7.25. The van der Waals surface area contributed by atoms with Gasteiger partial charge in [0.25, 0.3) is 11.8 Å². The van der Waals surface area contributed by atoms with Gasteiger partial charge in [-0.1, -0.05) is 98.6 Å². The average Bonchev–Trinajstić information content (AvgIpc) is 3.08. The second-order valence-electron chi connectivity index (χ2n) is 10.5. The molecule has 0 aliphatic heterocycles. The van der Waals surface area contributed by atoms with Crippen LogP contribution in [0.2, 0.25) is 0 Å². The van der Waals surface area contributed by atoms with Gasteiger partial charge in [0.1, 0.15) is 11.6 Å². The number of carbonyl (C=O) groups excluding carboxylic acids is 2. The molecule has 0 atom stereocenters. The minimum Gasteiger partial charge on any atom is -0.306 e. The molecule has 0 spiro atoms. The lowest BCUT2D eigenvalue weighted by Crippen LogP contribution is -2.17. The molecule has 7 nitrogen and oxygen atoms in total. The summed E-state index contributed by atoms with van der Waals surface area (Å²) >= 11 is 6.94. The second kappa shape index (κ2) is 12.6. The third kappa shape index (κ3) is 6.15. The third-order valence-corrected chi connectivity index (χ3v) is 8.49. The molecule has 0 bridgehead atoms. The first-order valence-electron chi connectivity index (χ1n) is 14.3. The number of hydrogen-bond acceptors (Lipinski definition) is 5. The zero-order valence-electron chi connectivity index (χ0n) is 24.0. The number of para-hydroxylation sites is 2. The van der Waals surface area contributed by atoms with Crippen molar-refractivity contribution in [1.82, 2.24) is 15.0 Å². The predicted octanol–water partition coefficient (Wildman–Crippen LogP) is 9.54. The number of aromatic nitrogens is 3. The smallest absolute Gasteiger partial charge is 0.257 e. The van der Waals surface area contributed by atoms with Crippen LogP contribution in [0.15, 0.2) is 136 Å². The number of amides is 2. The number of anilines is 2. The fourth-order valence-electron chi connectivity index (χ4n) is 5.20. The zero-order chi connectivity index (χ0) is 31.6. The molecule has 0 saturated heterocycles. The number of halogens is 2. The molecule has 222 valence electrons. The summed E-state index contributed by atoms with van der Waals surface area (Å²) in [6.07, 6.45) is 0. The molecule has 0 aliphatic carbocycles. The summed E-state index contributed by atoms with van der Waals surface area (Å²) in [4.78, 5) is 41.5. The standard InChI is InChI=1S/C37H23Br2N5O2/c38-24-16-12-22(13-17-24)32-20-28(26-6-1-3-8-30(26)40-32)36(45)43-34-10-5-11-35(42-34)44-37(46)29-21-33(23-14-18-25(39)19-15-23)41-31-9-4-2-7-27(29)31/h1-21H,(H2,42,43,44,45,46). The third-order valence-electron chi connectivity index (χ3n) is 7.43. The largest absolute Gasteiger partial charge is 0.306 e. The quantitative estimate of drug-likeness (QED) is 0.178. The predicted molar refractivity (Wildman–Crippen MR) is 190 cm³/mol. The van der Waals surface area contributed by atoms with Crippen LogP contribution in [0.4, 0.5) is 11.6 Å². The highest BCUT2D eigenvalue weighted by molar-refractivity contribution is 9.10. The minimum atomic E-state index is -0.341. The summed E-state index contributed by atoms with van der Waals surface area (Å²) in [7, 11) is 0. The Morgan fingerprint density at radius 3 is 1.33 bits per heavy atom. The van der Waals surface area contributed by atoms with Crippen molar-refractivity contribution in [3.8, 4) is 22.5 Å². The van der Waals surface area contributed by atoms with Gasteiger partial charge in [0.2, 0.25) is 0 Å². The van der Waals surface area contributed by atoms with Crippen molar-refractivity contribution in [3.63, 3.8) is 0 Å². The maximum Gasteiger partial charge on any atom is 0.257 e. The van der Waals surface area contributed by atoms with Crippen molar-refractivity contribution in [2.75, 3.05) is 10.6 Å². The van der Waals surface area contributed by atoms with Crippen LogP contribution in [0, 0.1) is 0 Å². The van der Waals surface area contributed by atoms with Gasteiger partial charge in [-0.3, -0.25) is 9.59 Å². The average molecular weight is 729 g/mol. The van der Waals surface area contributed by atoms with Crippen LogP contribution in [0.25, 0.3) is 44.3 Å². The molecule has 7 aromatic rings. The minimum absolute atomic E-state index is 0.295. The number of hydrogen-bond donors (Lipinski definition) is 2. The van der Waals surface area contributed by atoms with Gasteiger partial charge in [-0.15, -0.1) is 0 Å². The molecule has 2 amide bonds. The van der Waals surface area contributed by atoms with Crippen LogP contribution in [0.3, 0.4) is 0 Å². The molecular formula is C37H23Br2N5O2. The maximum atomic E-state index is 13.7. The molecule has 0 fully saturated rings. The lowest BCUT2D eigenvalue weighted by atomic mass is 10.0. The van der Waals surface area contributed by atoms with E-state index in [4.69, 9.17) is 9.97 Å². The monoisotopic (exact) mass is 727 g/mol. The van der Waals surface area contributed by atoms with E-state index in [9.17, 15) is 9.59 Å². The van der Waals surface area contributed by atoms with E-state index < -0.39 is 0 Å². The normalized spacial score (nSPS) is 11.0. The highest BCUT2D eigenvalue weighted by Crippen LogP contribution is 2.28. The zero-order valence-corrected chi connectivity index (χ0v) is 27.2. The van der Waals surface area contributed by atoms with Gasteiger partial charge < -0.3 is 10.6 Å². The number of nitrogens with zero attached hydrogens (tertiary/aromatic N) is 3. The van der Waals surface area contributed by atoms with E-state index in [0.717, 1.165) is 30.8 Å². The van der Waals surface area contributed by atoms with Gasteiger partial charge in [0.15, 0.2) is 0 Å². The van der Waals surface area contributed by atoms with E-state index >= 15 is 0 Å². The van der Waals surface area contributed by atoms with Crippen molar-refractivity contribution in [1.29, 1.82) is 0 Å². The Bertz CT molecular complexity index is 2110. The first-order chi connectivity index (χ1) is 22.4. The van der Waals surface area contributed by atoms with Crippen LogP contribution in [-0.4, -0.2) is 26.8 Å². The van der Waals surface area contributed by atoms with E-state index in [-0.39, 0.29) is 11.8 Å². The Morgan fingerprint density at radius 2 is 0.891 bits per heavy atom. The fraction of sp³-hybridized carbons (Fsp3) is 0. The van der Waals surface area contributed by atoms with Crippen LogP contribution >= 0.6 is 31.9 Å². The van der Waals surface area contributed by atoms with Crippen molar-refractivity contribution in [2.45, 2.75) is 0 Å². The summed E-state index contributed by atoms with van der Waals surface area (Å²) in [6, 6.07) is 39.2. The van der Waals surface area contributed by atoms with E-state index in [2.05, 4.69) is 47.5 Å². The highest BCUT2D eigenvalue weighted by atomic mass is 79.9. The van der Waals surface area contributed by atoms with Crippen LogP contribution in [-0.2, 0) is 0 Å².